The standard InChI is InChI=1S/C23H16Cl2N4O/c1-13-10-22-16(11-17(13)25)20(12-21(30-22)14-6-8-15(24)9-7-14)28-29-23-26-18-4-2-3-5-19(18)27-23/h2-12H,1H3,(H2,26,27,29)/b28-20+. The number of hydrogen-bond donors (Lipinski definition) is 2. The maximum atomic E-state index is 6.37. The minimum atomic E-state index is 0.552. The van der Waals surface area contributed by atoms with Crippen LogP contribution in [0.4, 0.5) is 5.95 Å². The van der Waals surface area contributed by atoms with Gasteiger partial charge >= 0.3 is 0 Å². The van der Waals surface area contributed by atoms with Crippen molar-refractivity contribution in [3.8, 4) is 11.3 Å². The molecular weight excluding hydrogens is 419 g/mol. The van der Waals surface area contributed by atoms with Crippen LogP contribution in [0.3, 0.4) is 0 Å². The number of aromatic amines is 1. The van der Waals surface area contributed by atoms with Gasteiger partial charge in [-0.3, -0.25) is 0 Å². The Morgan fingerprint density at radius 3 is 2.60 bits per heavy atom. The number of H-pyrrole nitrogens is 1. The van der Waals surface area contributed by atoms with Crippen LogP contribution in [0.25, 0.3) is 33.3 Å². The molecule has 5 nitrogen and oxygen atoms in total. The second kappa shape index (κ2) is 7.52. The van der Waals surface area contributed by atoms with Crippen molar-refractivity contribution in [3.05, 3.63) is 87.7 Å². The molecule has 5 aromatic rings. The Bertz CT molecular complexity index is 1420. The predicted octanol–water partition coefficient (Wildman–Crippen LogP) is 6.52. The number of hydrogen-bond acceptors (Lipinski definition) is 4. The lowest BCUT2D eigenvalue weighted by atomic mass is 10.1. The number of nitrogens with one attached hydrogen (secondary N) is 2. The number of rotatable bonds is 3. The summed E-state index contributed by atoms with van der Waals surface area (Å²) in [5.41, 5.74) is 7.33. The molecule has 5 rings (SSSR count). The van der Waals surface area contributed by atoms with E-state index >= 15 is 0 Å². The molecule has 3 aromatic carbocycles. The molecule has 0 spiro atoms. The van der Waals surface area contributed by atoms with Crippen LogP contribution in [0.1, 0.15) is 5.56 Å². The van der Waals surface area contributed by atoms with Crippen molar-refractivity contribution in [2.75, 3.05) is 5.43 Å². The largest absolute Gasteiger partial charge is 0.456 e. The molecule has 2 aromatic heterocycles. The van der Waals surface area contributed by atoms with Crippen molar-refractivity contribution in [3.63, 3.8) is 0 Å². The summed E-state index contributed by atoms with van der Waals surface area (Å²) in [5, 5.41) is 7.38. The zero-order valence-electron chi connectivity index (χ0n) is 15.9. The van der Waals surface area contributed by atoms with E-state index in [-0.39, 0.29) is 0 Å². The Morgan fingerprint density at radius 2 is 1.80 bits per heavy atom. The van der Waals surface area contributed by atoms with Crippen molar-refractivity contribution < 1.29 is 4.42 Å². The van der Waals surface area contributed by atoms with Crippen LogP contribution < -0.4 is 10.8 Å². The molecule has 0 bridgehead atoms. The quantitative estimate of drug-likeness (QED) is 0.317. The first-order valence-corrected chi connectivity index (χ1v) is 10.1. The Hall–Kier alpha value is -3.28. The number of aryl methyl sites for hydroxylation is 1. The fourth-order valence-corrected chi connectivity index (χ4v) is 3.55. The lowest BCUT2D eigenvalue weighted by Gasteiger charge is -2.07. The third-order valence-corrected chi connectivity index (χ3v) is 5.48. The number of benzene rings is 3. The van der Waals surface area contributed by atoms with Crippen molar-refractivity contribution in [1.82, 2.24) is 9.97 Å². The van der Waals surface area contributed by atoms with Crippen LogP contribution in [0, 0.1) is 6.92 Å². The molecule has 2 heterocycles. The molecule has 0 fully saturated rings. The highest BCUT2D eigenvalue weighted by atomic mass is 35.5. The van der Waals surface area contributed by atoms with Crippen LogP contribution in [-0.4, -0.2) is 9.97 Å². The minimum Gasteiger partial charge on any atom is -0.456 e. The first kappa shape index (κ1) is 18.7. The van der Waals surface area contributed by atoms with Crippen LogP contribution in [0.15, 0.2) is 76.2 Å². The Labute approximate surface area is 182 Å². The lowest BCUT2D eigenvalue weighted by molar-refractivity contribution is 0.618. The van der Waals surface area contributed by atoms with Crippen LogP contribution in [0.2, 0.25) is 10.0 Å². The van der Waals surface area contributed by atoms with E-state index in [4.69, 9.17) is 27.6 Å². The number of para-hydroxylation sites is 2. The summed E-state index contributed by atoms with van der Waals surface area (Å²) >= 11 is 12.4. The van der Waals surface area contributed by atoms with E-state index in [9.17, 15) is 0 Å². The summed E-state index contributed by atoms with van der Waals surface area (Å²) in [7, 11) is 0. The third kappa shape index (κ3) is 3.54. The molecule has 0 saturated heterocycles. The van der Waals surface area contributed by atoms with Crippen LogP contribution in [0.5, 0.6) is 0 Å². The van der Waals surface area contributed by atoms with Gasteiger partial charge in [0.2, 0.25) is 5.95 Å². The van der Waals surface area contributed by atoms with Gasteiger partial charge in [-0.2, -0.15) is 5.10 Å². The molecule has 0 aliphatic rings. The molecule has 0 atom stereocenters. The maximum absolute atomic E-state index is 6.37. The summed E-state index contributed by atoms with van der Waals surface area (Å²) in [6.45, 7) is 1.94. The van der Waals surface area contributed by atoms with Gasteiger partial charge in [0.25, 0.3) is 0 Å². The number of aromatic nitrogens is 2. The fourth-order valence-electron chi connectivity index (χ4n) is 3.26. The number of fused-ring (bicyclic) bond motifs is 2. The van der Waals surface area contributed by atoms with Crippen molar-refractivity contribution >= 4 is 51.2 Å². The molecule has 148 valence electrons. The molecule has 0 aliphatic carbocycles. The monoisotopic (exact) mass is 434 g/mol. The Kier molecular flexibility index (Phi) is 4.69. The van der Waals surface area contributed by atoms with Crippen LogP contribution in [-0.2, 0) is 0 Å². The van der Waals surface area contributed by atoms with Gasteiger partial charge < -0.3 is 9.40 Å². The Balaban J connectivity index is 1.66. The number of nitrogens with zero attached hydrogens (tertiary/aromatic N) is 2. The molecule has 30 heavy (non-hydrogen) atoms. The zero-order valence-corrected chi connectivity index (χ0v) is 17.4. The summed E-state index contributed by atoms with van der Waals surface area (Å²) in [6, 6.07) is 20.9. The first-order valence-electron chi connectivity index (χ1n) is 9.31. The van der Waals surface area contributed by atoms with Gasteiger partial charge in [0.1, 0.15) is 11.3 Å². The van der Waals surface area contributed by atoms with Gasteiger partial charge in [-0.1, -0.05) is 35.3 Å². The number of anilines is 1. The summed E-state index contributed by atoms with van der Waals surface area (Å²) in [4.78, 5) is 7.71. The molecule has 2 N–H and O–H groups in total. The number of imidazole rings is 1. The average Bonchev–Trinajstić information content (AvgIpc) is 3.16. The molecule has 0 saturated carbocycles. The van der Waals surface area contributed by atoms with Gasteiger partial charge in [-0.05, 0) is 61.0 Å². The summed E-state index contributed by atoms with van der Waals surface area (Å²) in [5.74, 6) is 1.22. The second-order valence-electron chi connectivity index (χ2n) is 6.93. The van der Waals surface area contributed by atoms with E-state index < -0.39 is 0 Å². The topological polar surface area (TPSA) is 66.2 Å². The van der Waals surface area contributed by atoms with E-state index in [2.05, 4.69) is 20.5 Å². The van der Waals surface area contributed by atoms with E-state index in [1.165, 1.54) is 0 Å². The molecular formula is C23H16Cl2N4O. The van der Waals surface area contributed by atoms with E-state index in [1.807, 2.05) is 73.7 Å². The van der Waals surface area contributed by atoms with E-state index in [1.54, 1.807) is 0 Å². The normalized spacial score (nSPS) is 12.0. The van der Waals surface area contributed by atoms with Gasteiger partial charge in [0, 0.05) is 27.1 Å². The van der Waals surface area contributed by atoms with Gasteiger partial charge in [-0.25, -0.2) is 10.4 Å². The lowest BCUT2D eigenvalue weighted by Crippen LogP contribution is -2.08. The Morgan fingerprint density at radius 1 is 1.00 bits per heavy atom. The highest BCUT2D eigenvalue weighted by Crippen LogP contribution is 2.27. The van der Waals surface area contributed by atoms with Crippen molar-refractivity contribution in [2.24, 2.45) is 5.10 Å². The summed E-state index contributed by atoms with van der Waals surface area (Å²) in [6.07, 6.45) is 0. The van der Waals surface area contributed by atoms with E-state index in [0.29, 0.717) is 32.7 Å². The van der Waals surface area contributed by atoms with Gasteiger partial charge in [0.15, 0.2) is 0 Å². The minimum absolute atomic E-state index is 0.552. The molecule has 7 heteroatoms. The molecule has 0 amide bonds. The molecule has 0 radical (unpaired) electrons. The smallest absolute Gasteiger partial charge is 0.222 e. The SMILES string of the molecule is Cc1cc2oc(-c3ccc(Cl)cc3)c/c(=N\Nc3nc4ccccc4[nH]3)c2cc1Cl. The highest BCUT2D eigenvalue weighted by molar-refractivity contribution is 6.32. The van der Waals surface area contributed by atoms with Crippen LogP contribution >= 0.6 is 23.2 Å². The summed E-state index contributed by atoms with van der Waals surface area (Å²) < 4.78 is 6.15. The van der Waals surface area contributed by atoms with Gasteiger partial charge in [0.05, 0.1) is 16.4 Å². The molecule has 0 aliphatic heterocycles. The average molecular weight is 435 g/mol. The number of halogens is 2. The zero-order chi connectivity index (χ0) is 20.7. The van der Waals surface area contributed by atoms with E-state index in [0.717, 1.165) is 27.5 Å². The van der Waals surface area contributed by atoms with Gasteiger partial charge in [-0.15, -0.1) is 0 Å². The fraction of sp³-hybridized carbons (Fsp3) is 0.0435. The first-order chi connectivity index (χ1) is 14.6. The van der Waals surface area contributed by atoms with Crippen molar-refractivity contribution in [1.29, 1.82) is 0 Å². The second-order valence-corrected chi connectivity index (χ2v) is 7.77. The highest BCUT2D eigenvalue weighted by Gasteiger charge is 2.09. The molecule has 0 unspecified atom stereocenters. The third-order valence-electron chi connectivity index (χ3n) is 4.82. The predicted molar refractivity (Wildman–Crippen MR) is 122 cm³/mol. The van der Waals surface area contributed by atoms with Crippen molar-refractivity contribution in [2.45, 2.75) is 6.92 Å². The maximum Gasteiger partial charge on any atom is 0.222 e.